The smallest absolute Gasteiger partial charge is 0.506 e. The number of nitrogens with one attached hydrogen (secondary N) is 1. The molecule has 0 atom stereocenters. The Kier molecular flexibility index (Phi) is 10.3. The molecule has 1 aliphatic carbocycles. The maximum absolute atomic E-state index is 11.9. The van der Waals surface area contributed by atoms with E-state index in [1.54, 1.807) is 0 Å². The van der Waals surface area contributed by atoms with E-state index in [1.165, 1.54) is 24.3 Å². The summed E-state index contributed by atoms with van der Waals surface area (Å²) in [6.45, 7) is 0. The monoisotopic (exact) mass is 545 g/mol. The number of nitrogens with zero attached hydrogens (tertiary/aromatic N) is 4. The average molecular weight is 546 g/mol. The van der Waals surface area contributed by atoms with Crippen molar-refractivity contribution in [2.75, 3.05) is 5.43 Å². The number of carbonyl (C=O) groups excluding carboxylic acids is 1. The van der Waals surface area contributed by atoms with Gasteiger partial charge in [0.05, 0.1) is 15.5 Å². The van der Waals surface area contributed by atoms with Gasteiger partial charge in [-0.2, -0.15) is 18.6 Å². The van der Waals surface area contributed by atoms with Crippen LogP contribution < -0.4 is 35.0 Å². The van der Waals surface area contributed by atoms with Gasteiger partial charge in [-0.3, -0.25) is 24.9 Å². The summed E-state index contributed by atoms with van der Waals surface area (Å²) >= 11 is 0. The molecule has 1 aliphatic rings. The minimum Gasteiger partial charge on any atom is -0.506 e. The van der Waals surface area contributed by atoms with Gasteiger partial charge in [0.1, 0.15) is 28.6 Å². The number of carbonyl (C=O) groups is 1. The second kappa shape index (κ2) is 12.0. The van der Waals surface area contributed by atoms with Gasteiger partial charge < -0.3 is 10.2 Å². The number of anilines is 1. The third-order valence-corrected chi connectivity index (χ3v) is 4.80. The first kappa shape index (κ1) is 29.1. The van der Waals surface area contributed by atoms with Crippen molar-refractivity contribution in [2.24, 2.45) is 15.3 Å². The van der Waals surface area contributed by atoms with E-state index < -0.39 is 37.2 Å². The number of aromatic hydroxyl groups is 2. The maximum atomic E-state index is 11.9. The number of ketones is 1. The Bertz CT molecular complexity index is 1340. The SMILES string of the molecule is O=C1C=CC(S(=O)(=O)O)=C/C1=N/Nc1cc(N=Nc2ccc([N+](=O)[O-])cc2)c(O)cc1O.[Cu].[Na+]. The Labute approximate surface area is 224 Å². The van der Waals surface area contributed by atoms with Crippen LogP contribution in [0.4, 0.5) is 22.7 Å². The van der Waals surface area contributed by atoms with Crippen molar-refractivity contribution in [3.05, 3.63) is 69.6 Å². The number of non-ortho nitro benzene ring substituents is 1. The van der Waals surface area contributed by atoms with Gasteiger partial charge in [-0.05, 0) is 36.4 Å². The Morgan fingerprint density at radius 3 is 2.24 bits per heavy atom. The van der Waals surface area contributed by atoms with Crippen LogP contribution in [0.5, 0.6) is 11.5 Å². The molecule has 1 radical (unpaired) electrons. The first-order valence-electron chi connectivity index (χ1n) is 8.52. The van der Waals surface area contributed by atoms with E-state index in [4.69, 9.17) is 4.55 Å². The zero-order chi connectivity index (χ0) is 23.5. The van der Waals surface area contributed by atoms with Crippen LogP contribution >= 0.6 is 0 Å². The molecule has 3 rings (SSSR count). The average Bonchev–Trinajstić information content (AvgIpc) is 2.73. The summed E-state index contributed by atoms with van der Waals surface area (Å²) in [5.41, 5.74) is 1.85. The molecule has 13 nitrogen and oxygen atoms in total. The molecule has 0 heterocycles. The van der Waals surface area contributed by atoms with Crippen molar-refractivity contribution < 1.29 is 79.5 Å². The molecule has 34 heavy (non-hydrogen) atoms. The molecule has 0 saturated carbocycles. The molecule has 0 bridgehead atoms. The fraction of sp³-hybridized carbons (Fsp3) is 0. The Balaban J connectivity index is 0.00000289. The molecule has 0 unspecified atom stereocenters. The first-order chi connectivity index (χ1) is 15.0. The number of allylic oxidation sites excluding steroid dienone is 3. The fourth-order valence-electron chi connectivity index (χ4n) is 2.35. The van der Waals surface area contributed by atoms with Crippen LogP contribution in [0.1, 0.15) is 0 Å². The molecule has 2 aromatic carbocycles. The minimum absolute atomic E-state index is 0. The van der Waals surface area contributed by atoms with E-state index in [0.717, 1.165) is 30.4 Å². The summed E-state index contributed by atoms with van der Waals surface area (Å²) in [7, 11) is -4.56. The molecule has 175 valence electrons. The van der Waals surface area contributed by atoms with Crippen molar-refractivity contribution in [2.45, 2.75) is 0 Å². The standard InChI is InChI=1S/C18H13N5O8S.Cu.Na/c24-16-6-5-12(32(29,30)31)7-13(16)21-22-15-8-14(17(25)9-18(15)26)20-19-10-1-3-11(4-2-10)23(27)28;;/h1-9,22,25-26H,(H,29,30,31);;/q;;+1/b20-19?,21-13-;;. The zero-order valence-electron chi connectivity index (χ0n) is 17.1. The van der Waals surface area contributed by atoms with E-state index in [-0.39, 0.29) is 75.1 Å². The predicted octanol–water partition coefficient (Wildman–Crippen LogP) is 0.101. The molecule has 16 heteroatoms. The third kappa shape index (κ3) is 7.30. The Morgan fingerprint density at radius 2 is 1.65 bits per heavy atom. The molecule has 0 fully saturated rings. The maximum Gasteiger partial charge on any atom is 1.00 e. The number of hydrogen-bond donors (Lipinski definition) is 4. The Hall–Kier alpha value is -2.91. The molecule has 4 N–H and O–H groups in total. The van der Waals surface area contributed by atoms with Gasteiger partial charge in [-0.15, -0.1) is 5.11 Å². The van der Waals surface area contributed by atoms with Crippen LogP contribution in [0.3, 0.4) is 0 Å². The normalized spacial score (nSPS) is 14.3. The summed E-state index contributed by atoms with van der Waals surface area (Å²) in [6, 6.07) is 7.18. The minimum atomic E-state index is -4.56. The molecule has 0 saturated heterocycles. The zero-order valence-corrected chi connectivity index (χ0v) is 20.8. The van der Waals surface area contributed by atoms with E-state index in [1.807, 2.05) is 0 Å². The topological polar surface area (TPSA) is 204 Å². The van der Waals surface area contributed by atoms with Crippen LogP contribution in [-0.4, -0.2) is 39.6 Å². The molecule has 0 aromatic heterocycles. The summed E-state index contributed by atoms with van der Waals surface area (Å²) in [5, 5.41) is 42.0. The van der Waals surface area contributed by atoms with Crippen molar-refractivity contribution in [3.8, 4) is 11.5 Å². The number of benzene rings is 2. The van der Waals surface area contributed by atoms with Gasteiger partial charge >= 0.3 is 29.6 Å². The summed E-state index contributed by atoms with van der Waals surface area (Å²) < 4.78 is 31.5. The summed E-state index contributed by atoms with van der Waals surface area (Å²) in [4.78, 5) is 21.4. The van der Waals surface area contributed by atoms with E-state index in [0.29, 0.717) is 0 Å². The summed E-state index contributed by atoms with van der Waals surface area (Å²) in [5.74, 6) is -1.59. The van der Waals surface area contributed by atoms with Gasteiger partial charge in [0.15, 0.2) is 0 Å². The van der Waals surface area contributed by atoms with Gasteiger partial charge in [-0.1, -0.05) is 0 Å². The first-order valence-corrected chi connectivity index (χ1v) is 9.96. The van der Waals surface area contributed by atoms with Gasteiger partial charge in [0, 0.05) is 35.3 Å². The number of nitro groups is 1. The second-order valence-electron chi connectivity index (χ2n) is 6.16. The van der Waals surface area contributed by atoms with Crippen LogP contribution in [-0.2, 0) is 32.0 Å². The number of phenols is 2. The van der Waals surface area contributed by atoms with Crippen LogP contribution in [0.15, 0.2) is 74.9 Å². The van der Waals surface area contributed by atoms with Gasteiger partial charge in [0.25, 0.3) is 15.8 Å². The van der Waals surface area contributed by atoms with E-state index >= 15 is 0 Å². The second-order valence-corrected chi connectivity index (χ2v) is 7.58. The molecular weight excluding hydrogens is 533 g/mol. The molecule has 0 amide bonds. The molecule has 0 spiro atoms. The number of hydrogen-bond acceptors (Lipinski definition) is 11. The largest absolute Gasteiger partial charge is 1.00 e. The van der Waals surface area contributed by atoms with Gasteiger partial charge in [-0.25, -0.2) is 0 Å². The number of rotatable bonds is 6. The van der Waals surface area contributed by atoms with Crippen LogP contribution in [0.25, 0.3) is 0 Å². The number of nitro benzene ring substituents is 1. The van der Waals surface area contributed by atoms with E-state index in [2.05, 4.69) is 20.8 Å². The Morgan fingerprint density at radius 1 is 1.00 bits per heavy atom. The van der Waals surface area contributed by atoms with Crippen molar-refractivity contribution in [1.82, 2.24) is 0 Å². The van der Waals surface area contributed by atoms with Crippen LogP contribution in [0, 0.1) is 10.1 Å². The fourth-order valence-corrected chi connectivity index (χ4v) is 2.85. The molecule has 2 aromatic rings. The quantitative estimate of drug-likeness (QED) is 0.0567. The third-order valence-electron chi connectivity index (χ3n) is 3.95. The number of hydrazone groups is 1. The molecule has 0 aliphatic heterocycles. The van der Waals surface area contributed by atoms with Crippen molar-refractivity contribution in [1.29, 1.82) is 0 Å². The van der Waals surface area contributed by atoms with Crippen LogP contribution in [0.2, 0.25) is 0 Å². The summed E-state index contributed by atoms with van der Waals surface area (Å²) in [6.07, 6.45) is 2.63. The van der Waals surface area contributed by atoms with Gasteiger partial charge in [0.2, 0.25) is 5.78 Å². The van der Waals surface area contributed by atoms with Crippen molar-refractivity contribution >= 4 is 44.4 Å². The number of azo groups is 1. The number of phenolic OH excluding ortho intramolecular Hbond substituents is 2. The molecular formula is C18H13CuN5NaO8S+. The predicted molar refractivity (Wildman–Crippen MR) is 112 cm³/mol. The van der Waals surface area contributed by atoms with E-state index in [9.17, 15) is 33.5 Å². The van der Waals surface area contributed by atoms with Crippen molar-refractivity contribution in [3.63, 3.8) is 0 Å².